The zero-order chi connectivity index (χ0) is 13.6. The van der Waals surface area contributed by atoms with Crippen molar-refractivity contribution in [2.45, 2.75) is 13.8 Å². The standard InChI is InChI=1S/C14H13N3O2/c1-8-7-19-9(2)12(8)14(18)17-11-6-4-3-5-10(11)13(15)16-17/h3-7H,1-2H3,(H2,15,16). The number of fused-ring (bicyclic) bond motifs is 1. The molecule has 0 radical (unpaired) electrons. The van der Waals surface area contributed by atoms with E-state index in [9.17, 15) is 4.79 Å². The summed E-state index contributed by atoms with van der Waals surface area (Å²) in [5.41, 5.74) is 7.86. The van der Waals surface area contributed by atoms with E-state index in [1.807, 2.05) is 31.2 Å². The van der Waals surface area contributed by atoms with Gasteiger partial charge in [0.2, 0.25) is 0 Å². The number of para-hydroxylation sites is 1. The van der Waals surface area contributed by atoms with E-state index in [0.29, 0.717) is 22.7 Å². The van der Waals surface area contributed by atoms with Gasteiger partial charge in [-0.3, -0.25) is 4.79 Å². The molecule has 5 nitrogen and oxygen atoms in total. The molecule has 0 bridgehead atoms. The molecule has 19 heavy (non-hydrogen) atoms. The molecule has 0 aliphatic heterocycles. The Hall–Kier alpha value is -2.56. The Morgan fingerprint density at radius 2 is 2.05 bits per heavy atom. The maximum Gasteiger partial charge on any atom is 0.282 e. The molecular formula is C14H13N3O2. The summed E-state index contributed by atoms with van der Waals surface area (Å²) >= 11 is 0. The molecule has 0 aliphatic carbocycles. The van der Waals surface area contributed by atoms with Gasteiger partial charge in [-0.15, -0.1) is 5.10 Å². The second-order valence-electron chi connectivity index (χ2n) is 4.47. The fraction of sp³-hybridized carbons (Fsp3) is 0.143. The van der Waals surface area contributed by atoms with Gasteiger partial charge in [-0.2, -0.15) is 4.68 Å². The van der Waals surface area contributed by atoms with Gasteiger partial charge in [0.05, 0.1) is 17.3 Å². The minimum absolute atomic E-state index is 0.225. The van der Waals surface area contributed by atoms with Gasteiger partial charge in [-0.05, 0) is 26.0 Å². The Bertz CT molecular complexity index is 764. The maximum atomic E-state index is 12.6. The van der Waals surface area contributed by atoms with E-state index in [1.165, 1.54) is 4.68 Å². The van der Waals surface area contributed by atoms with Crippen molar-refractivity contribution in [3.8, 4) is 0 Å². The van der Waals surface area contributed by atoms with Gasteiger partial charge in [0.25, 0.3) is 5.91 Å². The first kappa shape index (κ1) is 11.5. The summed E-state index contributed by atoms with van der Waals surface area (Å²) < 4.78 is 6.59. The lowest BCUT2D eigenvalue weighted by atomic mass is 10.1. The molecule has 96 valence electrons. The number of aromatic nitrogens is 2. The second kappa shape index (κ2) is 3.98. The van der Waals surface area contributed by atoms with Crippen LogP contribution in [0.15, 0.2) is 34.9 Å². The predicted octanol–water partition coefficient (Wildman–Crippen LogP) is 2.52. The van der Waals surface area contributed by atoms with Crippen LogP contribution in [-0.2, 0) is 0 Å². The average Bonchev–Trinajstić information content (AvgIpc) is 2.91. The minimum atomic E-state index is -0.225. The summed E-state index contributed by atoms with van der Waals surface area (Å²) in [6.07, 6.45) is 1.57. The monoisotopic (exact) mass is 255 g/mol. The molecule has 0 atom stereocenters. The molecule has 5 heteroatoms. The number of nitrogens with zero attached hydrogens (tertiary/aromatic N) is 2. The van der Waals surface area contributed by atoms with E-state index in [0.717, 1.165) is 10.9 Å². The van der Waals surface area contributed by atoms with Gasteiger partial charge in [0, 0.05) is 10.9 Å². The summed E-state index contributed by atoms with van der Waals surface area (Å²) in [5.74, 6) is 0.708. The zero-order valence-electron chi connectivity index (χ0n) is 10.7. The van der Waals surface area contributed by atoms with Gasteiger partial charge < -0.3 is 10.2 Å². The fourth-order valence-corrected chi connectivity index (χ4v) is 2.24. The molecule has 0 spiro atoms. The van der Waals surface area contributed by atoms with E-state index in [-0.39, 0.29) is 5.91 Å². The van der Waals surface area contributed by atoms with Crippen LogP contribution in [0, 0.1) is 13.8 Å². The molecule has 2 aromatic heterocycles. The Morgan fingerprint density at radius 1 is 1.32 bits per heavy atom. The lowest BCUT2D eigenvalue weighted by Gasteiger charge is -2.02. The highest BCUT2D eigenvalue weighted by Gasteiger charge is 2.21. The van der Waals surface area contributed by atoms with E-state index in [4.69, 9.17) is 10.2 Å². The van der Waals surface area contributed by atoms with Crippen LogP contribution in [0.3, 0.4) is 0 Å². The molecule has 2 N–H and O–H groups in total. The van der Waals surface area contributed by atoms with Crippen molar-refractivity contribution in [1.29, 1.82) is 0 Å². The van der Waals surface area contributed by atoms with Crippen molar-refractivity contribution in [3.05, 3.63) is 47.4 Å². The third kappa shape index (κ3) is 1.62. The Morgan fingerprint density at radius 3 is 2.74 bits per heavy atom. The molecule has 2 heterocycles. The first-order valence-corrected chi connectivity index (χ1v) is 5.92. The molecule has 0 unspecified atom stereocenters. The number of nitrogen functional groups attached to an aromatic ring is 1. The quantitative estimate of drug-likeness (QED) is 0.725. The van der Waals surface area contributed by atoms with Crippen LogP contribution < -0.4 is 5.73 Å². The molecule has 0 saturated heterocycles. The average molecular weight is 255 g/mol. The smallest absolute Gasteiger partial charge is 0.282 e. The Balaban J connectivity index is 2.23. The third-order valence-electron chi connectivity index (χ3n) is 3.18. The third-order valence-corrected chi connectivity index (χ3v) is 3.18. The molecule has 3 rings (SSSR count). The van der Waals surface area contributed by atoms with Gasteiger partial charge in [-0.1, -0.05) is 12.1 Å². The van der Waals surface area contributed by atoms with Crippen molar-refractivity contribution >= 4 is 22.6 Å². The summed E-state index contributed by atoms with van der Waals surface area (Å²) in [5, 5.41) is 4.90. The second-order valence-corrected chi connectivity index (χ2v) is 4.47. The summed E-state index contributed by atoms with van der Waals surface area (Å²) in [6.45, 7) is 3.59. The molecule has 0 amide bonds. The van der Waals surface area contributed by atoms with Gasteiger partial charge in [0.15, 0.2) is 5.82 Å². The van der Waals surface area contributed by atoms with Crippen molar-refractivity contribution in [3.63, 3.8) is 0 Å². The number of hydrogen-bond acceptors (Lipinski definition) is 4. The predicted molar refractivity (Wildman–Crippen MR) is 72.1 cm³/mol. The molecule has 0 aliphatic rings. The van der Waals surface area contributed by atoms with Crippen LogP contribution in [-0.4, -0.2) is 15.7 Å². The number of anilines is 1. The van der Waals surface area contributed by atoms with Crippen LogP contribution >= 0.6 is 0 Å². The lowest BCUT2D eigenvalue weighted by molar-refractivity contribution is 0.0949. The number of rotatable bonds is 1. The summed E-state index contributed by atoms with van der Waals surface area (Å²) in [4.78, 5) is 12.6. The van der Waals surface area contributed by atoms with Gasteiger partial charge >= 0.3 is 0 Å². The minimum Gasteiger partial charge on any atom is -0.469 e. The van der Waals surface area contributed by atoms with E-state index < -0.39 is 0 Å². The molecular weight excluding hydrogens is 242 g/mol. The number of nitrogens with two attached hydrogens (primary N) is 1. The molecule has 3 aromatic rings. The normalized spacial score (nSPS) is 11.1. The van der Waals surface area contributed by atoms with Gasteiger partial charge in [0.1, 0.15) is 5.76 Å². The molecule has 0 fully saturated rings. The molecule has 1 aromatic carbocycles. The first-order valence-electron chi connectivity index (χ1n) is 5.92. The lowest BCUT2D eigenvalue weighted by Crippen LogP contribution is -2.15. The number of benzene rings is 1. The van der Waals surface area contributed by atoms with Crippen molar-refractivity contribution in [2.75, 3.05) is 5.73 Å². The molecule has 0 saturated carbocycles. The van der Waals surface area contributed by atoms with E-state index in [1.54, 1.807) is 13.2 Å². The largest absolute Gasteiger partial charge is 0.469 e. The Kier molecular flexibility index (Phi) is 2.41. The van der Waals surface area contributed by atoms with Crippen LogP contribution in [0.4, 0.5) is 5.82 Å². The number of furan rings is 1. The van der Waals surface area contributed by atoms with E-state index >= 15 is 0 Å². The number of carbonyl (C=O) groups excluding carboxylic acids is 1. The maximum absolute atomic E-state index is 12.6. The van der Waals surface area contributed by atoms with Crippen LogP contribution in [0.2, 0.25) is 0 Å². The van der Waals surface area contributed by atoms with E-state index in [2.05, 4.69) is 5.10 Å². The van der Waals surface area contributed by atoms with Crippen molar-refractivity contribution < 1.29 is 9.21 Å². The first-order chi connectivity index (χ1) is 9.09. The highest BCUT2D eigenvalue weighted by atomic mass is 16.3. The zero-order valence-corrected chi connectivity index (χ0v) is 10.7. The SMILES string of the molecule is Cc1coc(C)c1C(=O)n1nc(N)c2ccccc21. The van der Waals surface area contributed by atoms with Crippen molar-refractivity contribution in [2.24, 2.45) is 0 Å². The summed E-state index contributed by atoms with van der Waals surface area (Å²) in [7, 11) is 0. The highest BCUT2D eigenvalue weighted by Crippen LogP contribution is 2.23. The van der Waals surface area contributed by atoms with Gasteiger partial charge in [-0.25, -0.2) is 0 Å². The number of carbonyl (C=O) groups is 1. The summed E-state index contributed by atoms with van der Waals surface area (Å²) in [6, 6.07) is 7.38. The number of aryl methyl sites for hydroxylation is 2. The number of hydrogen-bond donors (Lipinski definition) is 1. The van der Waals surface area contributed by atoms with Crippen LogP contribution in [0.25, 0.3) is 10.9 Å². The fourth-order valence-electron chi connectivity index (χ4n) is 2.24. The topological polar surface area (TPSA) is 74.0 Å². The highest BCUT2D eigenvalue weighted by molar-refractivity contribution is 6.04. The van der Waals surface area contributed by atoms with Crippen molar-refractivity contribution in [1.82, 2.24) is 9.78 Å². The van der Waals surface area contributed by atoms with Crippen LogP contribution in [0.5, 0.6) is 0 Å². The Labute approximate surface area is 109 Å². The van der Waals surface area contributed by atoms with Crippen LogP contribution in [0.1, 0.15) is 21.7 Å².